The van der Waals surface area contributed by atoms with Gasteiger partial charge in [-0.05, 0) is 30.9 Å². The standard InChI is InChI=1S/C17H20ClN3O/c18-16-8-4-1-5-13(16)9-10-20-12-14(11-19)17(22)21-15-6-2-3-7-15/h1,4-5,8,12,15,20H,2-3,6-7,9-10H2,(H,21,22)/b14-12-. The van der Waals surface area contributed by atoms with Crippen LogP contribution in [0.3, 0.4) is 0 Å². The molecular formula is C17H20ClN3O. The van der Waals surface area contributed by atoms with Gasteiger partial charge in [0.2, 0.25) is 0 Å². The van der Waals surface area contributed by atoms with Gasteiger partial charge < -0.3 is 10.6 Å². The topological polar surface area (TPSA) is 64.9 Å². The highest BCUT2D eigenvalue weighted by Crippen LogP contribution is 2.18. The first-order valence-corrected chi connectivity index (χ1v) is 7.96. The molecule has 2 rings (SSSR count). The predicted octanol–water partition coefficient (Wildman–Crippen LogP) is 2.94. The van der Waals surface area contributed by atoms with Crippen molar-refractivity contribution in [3.63, 3.8) is 0 Å². The van der Waals surface area contributed by atoms with Crippen molar-refractivity contribution in [2.45, 2.75) is 38.1 Å². The summed E-state index contributed by atoms with van der Waals surface area (Å²) in [7, 11) is 0. The summed E-state index contributed by atoms with van der Waals surface area (Å²) in [5.74, 6) is -0.292. The molecule has 1 aliphatic carbocycles. The highest BCUT2D eigenvalue weighted by molar-refractivity contribution is 6.31. The van der Waals surface area contributed by atoms with Crippen molar-refractivity contribution < 1.29 is 4.79 Å². The Kier molecular flexibility index (Phi) is 6.29. The lowest BCUT2D eigenvalue weighted by molar-refractivity contribution is -0.117. The predicted molar refractivity (Wildman–Crippen MR) is 87.3 cm³/mol. The number of carbonyl (C=O) groups is 1. The molecule has 0 aromatic heterocycles. The van der Waals surface area contributed by atoms with Crippen LogP contribution in [0.2, 0.25) is 5.02 Å². The van der Waals surface area contributed by atoms with Crippen molar-refractivity contribution in [1.29, 1.82) is 5.26 Å². The highest BCUT2D eigenvalue weighted by Gasteiger charge is 2.19. The Morgan fingerprint density at radius 3 is 2.77 bits per heavy atom. The Labute approximate surface area is 136 Å². The Morgan fingerprint density at radius 1 is 1.36 bits per heavy atom. The first-order chi connectivity index (χ1) is 10.7. The van der Waals surface area contributed by atoms with Gasteiger partial charge >= 0.3 is 0 Å². The van der Waals surface area contributed by atoms with Crippen LogP contribution in [0.25, 0.3) is 0 Å². The fourth-order valence-electron chi connectivity index (χ4n) is 2.56. The molecule has 1 aliphatic rings. The summed E-state index contributed by atoms with van der Waals surface area (Å²) < 4.78 is 0. The third-order valence-corrected chi connectivity index (χ3v) is 4.17. The number of nitrogens with one attached hydrogen (secondary N) is 2. The minimum Gasteiger partial charge on any atom is -0.389 e. The quantitative estimate of drug-likeness (QED) is 0.481. The van der Waals surface area contributed by atoms with Gasteiger partial charge in [0, 0.05) is 23.8 Å². The van der Waals surface area contributed by atoms with Gasteiger partial charge in [-0.15, -0.1) is 0 Å². The molecule has 116 valence electrons. The van der Waals surface area contributed by atoms with Gasteiger partial charge in [-0.2, -0.15) is 5.26 Å². The maximum Gasteiger partial charge on any atom is 0.263 e. The van der Waals surface area contributed by atoms with Crippen molar-refractivity contribution >= 4 is 17.5 Å². The van der Waals surface area contributed by atoms with Crippen molar-refractivity contribution in [1.82, 2.24) is 10.6 Å². The summed E-state index contributed by atoms with van der Waals surface area (Å²) in [4.78, 5) is 12.0. The first kappa shape index (κ1) is 16.4. The van der Waals surface area contributed by atoms with Crippen LogP contribution in [0.15, 0.2) is 36.0 Å². The summed E-state index contributed by atoms with van der Waals surface area (Å²) in [5.41, 5.74) is 1.16. The van der Waals surface area contributed by atoms with E-state index in [2.05, 4.69) is 10.6 Å². The molecule has 22 heavy (non-hydrogen) atoms. The Morgan fingerprint density at radius 2 is 2.09 bits per heavy atom. The molecule has 0 atom stereocenters. The minimum absolute atomic E-state index is 0.117. The van der Waals surface area contributed by atoms with E-state index in [9.17, 15) is 4.79 Å². The van der Waals surface area contributed by atoms with E-state index in [0.717, 1.165) is 42.7 Å². The molecule has 0 bridgehead atoms. The molecule has 0 unspecified atom stereocenters. The summed E-state index contributed by atoms with van der Waals surface area (Å²) in [6, 6.07) is 9.80. The number of amides is 1. The number of nitrogens with zero attached hydrogens (tertiary/aromatic N) is 1. The molecule has 1 aromatic carbocycles. The normalized spacial score (nSPS) is 15.4. The number of benzene rings is 1. The van der Waals surface area contributed by atoms with Crippen molar-refractivity contribution in [3.8, 4) is 6.07 Å². The molecule has 1 amide bonds. The number of halogens is 1. The van der Waals surface area contributed by atoms with Crippen LogP contribution in [0.4, 0.5) is 0 Å². The second kappa shape index (κ2) is 8.45. The van der Waals surface area contributed by atoms with Crippen LogP contribution in [-0.2, 0) is 11.2 Å². The van der Waals surface area contributed by atoms with E-state index in [-0.39, 0.29) is 17.5 Å². The van der Waals surface area contributed by atoms with Crippen LogP contribution >= 0.6 is 11.6 Å². The molecule has 1 aromatic rings. The smallest absolute Gasteiger partial charge is 0.263 e. The Hall–Kier alpha value is -1.99. The third-order valence-electron chi connectivity index (χ3n) is 3.80. The molecule has 5 heteroatoms. The van der Waals surface area contributed by atoms with Crippen LogP contribution < -0.4 is 10.6 Å². The molecule has 0 spiro atoms. The van der Waals surface area contributed by atoms with Crippen LogP contribution in [0.5, 0.6) is 0 Å². The van der Waals surface area contributed by atoms with Gasteiger partial charge in [0.1, 0.15) is 11.6 Å². The lowest BCUT2D eigenvalue weighted by atomic mass is 10.1. The first-order valence-electron chi connectivity index (χ1n) is 7.58. The third kappa shape index (κ3) is 4.78. The molecule has 2 N–H and O–H groups in total. The molecule has 1 saturated carbocycles. The number of rotatable bonds is 6. The molecule has 0 radical (unpaired) electrons. The van der Waals surface area contributed by atoms with Gasteiger partial charge in [-0.25, -0.2) is 0 Å². The molecular weight excluding hydrogens is 298 g/mol. The van der Waals surface area contributed by atoms with Crippen molar-refractivity contribution in [2.75, 3.05) is 6.54 Å². The Bertz CT molecular complexity index is 586. The van der Waals surface area contributed by atoms with E-state index in [4.69, 9.17) is 16.9 Å². The summed E-state index contributed by atoms with van der Waals surface area (Å²) in [6.45, 7) is 0.617. The van der Waals surface area contributed by atoms with Crippen LogP contribution in [-0.4, -0.2) is 18.5 Å². The van der Waals surface area contributed by atoms with Gasteiger partial charge in [0.25, 0.3) is 5.91 Å². The van der Waals surface area contributed by atoms with Gasteiger partial charge in [0.05, 0.1) is 0 Å². The van der Waals surface area contributed by atoms with Gasteiger partial charge in [-0.1, -0.05) is 42.6 Å². The number of hydrogen-bond acceptors (Lipinski definition) is 3. The Balaban J connectivity index is 1.80. The molecule has 4 nitrogen and oxygen atoms in total. The highest BCUT2D eigenvalue weighted by atomic mass is 35.5. The number of nitriles is 1. The van der Waals surface area contributed by atoms with E-state index in [1.807, 2.05) is 30.3 Å². The minimum atomic E-state index is -0.292. The lowest BCUT2D eigenvalue weighted by Crippen LogP contribution is -2.34. The van der Waals surface area contributed by atoms with Gasteiger partial charge in [-0.3, -0.25) is 4.79 Å². The number of carbonyl (C=O) groups excluding carboxylic acids is 1. The SMILES string of the molecule is N#C/C(=C/NCCc1ccccc1Cl)C(=O)NC1CCCC1. The van der Waals surface area contributed by atoms with Crippen molar-refractivity contribution in [2.24, 2.45) is 0 Å². The summed E-state index contributed by atoms with van der Waals surface area (Å²) >= 11 is 6.08. The summed E-state index contributed by atoms with van der Waals surface area (Å²) in [6.07, 6.45) is 6.52. The fourth-order valence-corrected chi connectivity index (χ4v) is 2.79. The zero-order valence-electron chi connectivity index (χ0n) is 12.4. The second-order valence-electron chi connectivity index (χ2n) is 5.42. The average molecular weight is 318 g/mol. The van der Waals surface area contributed by atoms with E-state index in [0.29, 0.717) is 6.54 Å². The van der Waals surface area contributed by atoms with E-state index >= 15 is 0 Å². The maximum atomic E-state index is 12.0. The van der Waals surface area contributed by atoms with Crippen LogP contribution in [0.1, 0.15) is 31.2 Å². The monoisotopic (exact) mass is 317 g/mol. The van der Waals surface area contributed by atoms with Crippen LogP contribution in [0, 0.1) is 11.3 Å². The van der Waals surface area contributed by atoms with E-state index in [1.54, 1.807) is 0 Å². The zero-order chi connectivity index (χ0) is 15.8. The number of hydrogen-bond donors (Lipinski definition) is 2. The molecule has 0 aliphatic heterocycles. The fraction of sp³-hybridized carbons (Fsp3) is 0.412. The average Bonchev–Trinajstić information content (AvgIpc) is 3.02. The molecule has 0 heterocycles. The van der Waals surface area contributed by atoms with E-state index in [1.165, 1.54) is 6.20 Å². The zero-order valence-corrected chi connectivity index (χ0v) is 13.2. The molecule has 1 fully saturated rings. The maximum absolute atomic E-state index is 12.0. The summed E-state index contributed by atoms with van der Waals surface area (Å²) in [5, 5.41) is 15.7. The second-order valence-corrected chi connectivity index (χ2v) is 5.83. The largest absolute Gasteiger partial charge is 0.389 e. The van der Waals surface area contributed by atoms with Crippen molar-refractivity contribution in [3.05, 3.63) is 46.6 Å². The lowest BCUT2D eigenvalue weighted by Gasteiger charge is -2.11. The molecule has 0 saturated heterocycles. The van der Waals surface area contributed by atoms with Gasteiger partial charge in [0.15, 0.2) is 0 Å². The van der Waals surface area contributed by atoms with E-state index < -0.39 is 0 Å².